The Kier molecular flexibility index (Phi) is 5.37. The molecular formula is C19H17BrFN3O2. The summed E-state index contributed by atoms with van der Waals surface area (Å²) in [6, 6.07) is 13.4. The molecule has 1 aromatic heterocycles. The predicted octanol–water partition coefficient (Wildman–Crippen LogP) is 3.24. The van der Waals surface area contributed by atoms with Crippen LogP contribution in [0.15, 0.2) is 53.0 Å². The normalized spacial score (nSPS) is 10.7. The zero-order valence-corrected chi connectivity index (χ0v) is 15.6. The minimum Gasteiger partial charge on any atom is -0.334 e. The van der Waals surface area contributed by atoms with Crippen molar-refractivity contribution >= 4 is 38.6 Å². The third kappa shape index (κ3) is 3.94. The van der Waals surface area contributed by atoms with Crippen LogP contribution in [-0.4, -0.2) is 16.4 Å². The molecule has 3 rings (SSSR count). The highest BCUT2D eigenvalue weighted by molar-refractivity contribution is 9.10. The van der Waals surface area contributed by atoms with Gasteiger partial charge in [0.15, 0.2) is 0 Å². The van der Waals surface area contributed by atoms with Gasteiger partial charge in [-0.3, -0.25) is 20.4 Å². The summed E-state index contributed by atoms with van der Waals surface area (Å²) >= 11 is 3.55. The molecule has 7 heteroatoms. The molecule has 0 spiro atoms. The number of para-hydroxylation sites is 1. The fourth-order valence-corrected chi connectivity index (χ4v) is 3.30. The van der Waals surface area contributed by atoms with E-state index in [2.05, 4.69) is 26.8 Å². The van der Waals surface area contributed by atoms with E-state index < -0.39 is 0 Å². The van der Waals surface area contributed by atoms with Gasteiger partial charge < -0.3 is 4.57 Å². The zero-order chi connectivity index (χ0) is 18.7. The number of hydrogen-bond acceptors (Lipinski definition) is 2. The highest BCUT2D eigenvalue weighted by Gasteiger charge is 2.14. The number of nitrogens with one attached hydrogen (secondary N) is 2. The number of fused-ring (bicyclic) bond motifs is 1. The molecule has 2 aromatic carbocycles. The lowest BCUT2D eigenvalue weighted by Crippen LogP contribution is -2.43. The van der Waals surface area contributed by atoms with E-state index in [1.165, 1.54) is 24.3 Å². The summed E-state index contributed by atoms with van der Waals surface area (Å²) in [7, 11) is 0. The minimum atomic E-state index is -0.375. The molecule has 0 radical (unpaired) electrons. The predicted molar refractivity (Wildman–Crippen MR) is 101 cm³/mol. The van der Waals surface area contributed by atoms with E-state index in [1.54, 1.807) is 0 Å². The van der Waals surface area contributed by atoms with E-state index in [0.717, 1.165) is 21.1 Å². The van der Waals surface area contributed by atoms with Crippen molar-refractivity contribution in [3.63, 3.8) is 0 Å². The molecule has 0 aliphatic rings. The molecule has 2 N–H and O–H groups in total. The molecule has 0 atom stereocenters. The second-order valence-electron chi connectivity index (χ2n) is 5.90. The van der Waals surface area contributed by atoms with E-state index in [1.807, 2.05) is 35.8 Å². The van der Waals surface area contributed by atoms with Crippen LogP contribution in [0, 0.1) is 12.7 Å². The van der Waals surface area contributed by atoms with Crippen LogP contribution < -0.4 is 10.9 Å². The van der Waals surface area contributed by atoms with Crippen LogP contribution in [-0.2, 0) is 22.6 Å². The van der Waals surface area contributed by atoms with E-state index in [0.29, 0.717) is 5.56 Å². The number of amides is 2. The third-order valence-corrected chi connectivity index (χ3v) is 5.08. The van der Waals surface area contributed by atoms with Crippen molar-refractivity contribution in [2.45, 2.75) is 19.9 Å². The van der Waals surface area contributed by atoms with Gasteiger partial charge >= 0.3 is 0 Å². The maximum Gasteiger partial charge on any atom is 0.258 e. The standard InChI is InChI=1S/C19H17BrFN3O2/c1-12-19(20)15-4-2-3-5-16(15)24(12)11-18(26)23-22-17(25)10-13-6-8-14(21)9-7-13/h2-9H,10-11H2,1H3,(H,22,25)(H,23,26). The van der Waals surface area contributed by atoms with Crippen LogP contribution in [0.25, 0.3) is 10.9 Å². The number of aromatic nitrogens is 1. The minimum absolute atomic E-state index is 0.0532. The number of halogens is 2. The van der Waals surface area contributed by atoms with Crippen LogP contribution in [0.1, 0.15) is 11.3 Å². The first-order chi connectivity index (χ1) is 12.5. The lowest BCUT2D eigenvalue weighted by atomic mass is 10.1. The van der Waals surface area contributed by atoms with Crippen LogP contribution in [0.4, 0.5) is 4.39 Å². The van der Waals surface area contributed by atoms with Crippen molar-refractivity contribution in [2.24, 2.45) is 0 Å². The fourth-order valence-electron chi connectivity index (χ4n) is 2.75. The van der Waals surface area contributed by atoms with Gasteiger partial charge in [0.25, 0.3) is 5.91 Å². The van der Waals surface area contributed by atoms with Crippen LogP contribution in [0.2, 0.25) is 0 Å². The largest absolute Gasteiger partial charge is 0.334 e. The van der Waals surface area contributed by atoms with Gasteiger partial charge in [-0.25, -0.2) is 4.39 Å². The lowest BCUT2D eigenvalue weighted by Gasteiger charge is -2.10. The monoisotopic (exact) mass is 417 g/mol. The molecular weight excluding hydrogens is 401 g/mol. The fraction of sp³-hybridized carbons (Fsp3) is 0.158. The van der Waals surface area contributed by atoms with Gasteiger partial charge in [-0.2, -0.15) is 0 Å². The van der Waals surface area contributed by atoms with Crippen molar-refractivity contribution in [1.29, 1.82) is 0 Å². The van der Waals surface area contributed by atoms with Crippen molar-refractivity contribution in [1.82, 2.24) is 15.4 Å². The van der Waals surface area contributed by atoms with Crippen LogP contribution in [0.5, 0.6) is 0 Å². The molecule has 0 aliphatic carbocycles. The van der Waals surface area contributed by atoms with E-state index in [9.17, 15) is 14.0 Å². The van der Waals surface area contributed by atoms with E-state index in [4.69, 9.17) is 0 Å². The maximum absolute atomic E-state index is 12.9. The number of benzene rings is 2. The highest BCUT2D eigenvalue weighted by atomic mass is 79.9. The summed E-state index contributed by atoms with van der Waals surface area (Å²) in [5.41, 5.74) is 7.32. The van der Waals surface area contributed by atoms with Crippen LogP contribution >= 0.6 is 15.9 Å². The van der Waals surface area contributed by atoms with Crippen molar-refractivity contribution in [3.05, 3.63) is 70.1 Å². The molecule has 3 aromatic rings. The number of rotatable bonds is 4. The van der Waals surface area contributed by atoms with E-state index >= 15 is 0 Å². The van der Waals surface area contributed by atoms with Crippen LogP contribution in [0.3, 0.4) is 0 Å². The van der Waals surface area contributed by atoms with Gasteiger partial charge in [-0.05, 0) is 46.6 Å². The molecule has 0 aliphatic heterocycles. The highest BCUT2D eigenvalue weighted by Crippen LogP contribution is 2.30. The van der Waals surface area contributed by atoms with Crippen molar-refractivity contribution in [2.75, 3.05) is 0 Å². The second kappa shape index (κ2) is 7.70. The molecule has 0 bridgehead atoms. The second-order valence-corrected chi connectivity index (χ2v) is 6.70. The lowest BCUT2D eigenvalue weighted by molar-refractivity contribution is -0.128. The van der Waals surface area contributed by atoms with Gasteiger partial charge in [0, 0.05) is 21.1 Å². The molecule has 0 saturated heterocycles. The Labute approximate surface area is 158 Å². The Morgan fingerprint density at radius 2 is 1.69 bits per heavy atom. The van der Waals surface area contributed by atoms with Crippen molar-refractivity contribution < 1.29 is 14.0 Å². The molecule has 134 valence electrons. The molecule has 0 unspecified atom stereocenters. The Balaban J connectivity index is 1.60. The molecule has 26 heavy (non-hydrogen) atoms. The van der Waals surface area contributed by atoms with Gasteiger partial charge in [0.1, 0.15) is 12.4 Å². The molecule has 2 amide bonds. The summed E-state index contributed by atoms with van der Waals surface area (Å²) < 4.78 is 15.7. The first-order valence-corrected chi connectivity index (χ1v) is 8.80. The molecule has 0 fully saturated rings. The first-order valence-electron chi connectivity index (χ1n) is 8.01. The number of carbonyl (C=O) groups excluding carboxylic acids is 2. The Morgan fingerprint density at radius 3 is 2.42 bits per heavy atom. The summed E-state index contributed by atoms with van der Waals surface area (Å²) in [4.78, 5) is 24.1. The summed E-state index contributed by atoms with van der Waals surface area (Å²) in [5.74, 6) is -1.07. The maximum atomic E-state index is 12.9. The molecule has 1 heterocycles. The first kappa shape index (κ1) is 18.1. The van der Waals surface area contributed by atoms with Gasteiger partial charge in [-0.15, -0.1) is 0 Å². The average Bonchev–Trinajstić information content (AvgIpc) is 2.87. The average molecular weight is 418 g/mol. The molecule has 5 nitrogen and oxygen atoms in total. The Hall–Kier alpha value is -2.67. The number of nitrogens with zero attached hydrogens (tertiary/aromatic N) is 1. The topological polar surface area (TPSA) is 63.1 Å². The zero-order valence-electron chi connectivity index (χ0n) is 14.1. The van der Waals surface area contributed by atoms with Gasteiger partial charge in [-0.1, -0.05) is 30.3 Å². The quantitative estimate of drug-likeness (QED) is 0.640. The Bertz CT molecular complexity index is 967. The number of carbonyl (C=O) groups is 2. The summed E-state index contributed by atoms with van der Waals surface area (Å²) in [6.07, 6.45) is 0.0532. The summed E-state index contributed by atoms with van der Waals surface area (Å²) in [5, 5.41) is 1.03. The third-order valence-electron chi connectivity index (χ3n) is 4.07. The van der Waals surface area contributed by atoms with E-state index in [-0.39, 0.29) is 30.6 Å². The smallest absolute Gasteiger partial charge is 0.258 e. The van der Waals surface area contributed by atoms with Gasteiger partial charge in [0.2, 0.25) is 5.91 Å². The van der Waals surface area contributed by atoms with Crippen molar-refractivity contribution in [3.8, 4) is 0 Å². The number of hydrogen-bond donors (Lipinski definition) is 2. The molecule has 0 saturated carbocycles. The SMILES string of the molecule is Cc1c(Br)c2ccccc2n1CC(=O)NNC(=O)Cc1ccc(F)cc1. The van der Waals surface area contributed by atoms with Gasteiger partial charge in [0.05, 0.1) is 6.42 Å². The Morgan fingerprint density at radius 1 is 1.04 bits per heavy atom. The summed E-state index contributed by atoms with van der Waals surface area (Å²) in [6.45, 7) is 2.00. The number of hydrazine groups is 1.